The highest BCUT2D eigenvalue weighted by atomic mass is 16.7. The molecule has 1 N–H and O–H groups in total. The Morgan fingerprint density at radius 3 is 2.25 bits per heavy atom. The number of hydrogen-bond donors (Lipinski definition) is 1. The summed E-state index contributed by atoms with van der Waals surface area (Å²) in [7, 11) is 0. The maximum absolute atomic E-state index is 11.5. The van der Waals surface area contributed by atoms with Gasteiger partial charge in [0.15, 0.2) is 0 Å². The third-order valence-electron chi connectivity index (χ3n) is 3.73. The maximum Gasteiger partial charge on any atom is 0.332 e. The predicted molar refractivity (Wildman–Crippen MR) is 96.9 cm³/mol. The fraction of sp³-hybridized carbons (Fsp3) is 0.500. The zero-order chi connectivity index (χ0) is 17.5. The smallest absolute Gasteiger partial charge is 0.332 e. The lowest BCUT2D eigenvalue weighted by atomic mass is 10.1. The monoisotopic (exact) mass is 331 g/mol. The number of amides is 1. The van der Waals surface area contributed by atoms with Crippen molar-refractivity contribution >= 4 is 18.0 Å². The molecule has 4 heteroatoms. The lowest BCUT2D eigenvalue weighted by molar-refractivity contribution is -0.156. The number of carbonyl (C=O) groups excluding carboxylic acids is 2. The number of unbranched alkanes of at least 4 members (excludes halogenated alkanes) is 7. The molecular formula is C20H29NO3. The largest absolute Gasteiger partial charge is 0.341 e. The van der Waals surface area contributed by atoms with Gasteiger partial charge >= 0.3 is 5.97 Å². The van der Waals surface area contributed by atoms with E-state index in [2.05, 4.69) is 12.4 Å². The van der Waals surface area contributed by atoms with Crippen molar-refractivity contribution in [3.8, 4) is 0 Å². The quantitative estimate of drug-likeness (QED) is 0.360. The van der Waals surface area contributed by atoms with Crippen LogP contribution in [-0.4, -0.2) is 11.9 Å². The summed E-state index contributed by atoms with van der Waals surface area (Å²) in [5.74, 6) is -0.828. The summed E-state index contributed by atoms with van der Waals surface area (Å²) < 4.78 is 0. The molecule has 1 amide bonds. The van der Waals surface area contributed by atoms with E-state index in [1.54, 1.807) is 6.08 Å². The average Bonchev–Trinajstić information content (AvgIpc) is 2.61. The highest BCUT2D eigenvalue weighted by molar-refractivity contribution is 5.91. The van der Waals surface area contributed by atoms with Crippen LogP contribution in [0.1, 0.15) is 70.3 Å². The van der Waals surface area contributed by atoms with Crippen LogP contribution in [0.15, 0.2) is 36.4 Å². The van der Waals surface area contributed by atoms with Gasteiger partial charge in [0.25, 0.3) is 5.91 Å². The zero-order valence-electron chi connectivity index (χ0n) is 14.6. The topological polar surface area (TPSA) is 55.4 Å². The van der Waals surface area contributed by atoms with E-state index in [1.165, 1.54) is 38.2 Å². The van der Waals surface area contributed by atoms with Crippen molar-refractivity contribution in [3.63, 3.8) is 0 Å². The summed E-state index contributed by atoms with van der Waals surface area (Å²) in [6, 6.07) is 9.46. The number of rotatable bonds is 11. The third kappa shape index (κ3) is 10.6. The second-order valence-electron chi connectivity index (χ2n) is 5.91. The van der Waals surface area contributed by atoms with Gasteiger partial charge in [0.2, 0.25) is 0 Å². The summed E-state index contributed by atoms with van der Waals surface area (Å²) in [6.45, 7) is 2.21. The summed E-state index contributed by atoms with van der Waals surface area (Å²) >= 11 is 0. The lowest BCUT2D eigenvalue weighted by Crippen LogP contribution is -2.25. The van der Waals surface area contributed by atoms with Gasteiger partial charge < -0.3 is 4.84 Å². The molecule has 0 unspecified atom stereocenters. The van der Waals surface area contributed by atoms with Crippen molar-refractivity contribution in [2.24, 2.45) is 0 Å². The van der Waals surface area contributed by atoms with Crippen LogP contribution < -0.4 is 5.48 Å². The van der Waals surface area contributed by atoms with E-state index in [9.17, 15) is 9.59 Å². The molecule has 24 heavy (non-hydrogen) atoms. The standard InChI is InChI=1S/C20H29NO3/c1-2-3-4-5-6-7-8-12-15-20(23)24-21-19(22)17-16-18-13-10-9-11-14-18/h9-11,13-14,16-17H,2-8,12,15H2,1H3,(H,21,22). The predicted octanol–water partition coefficient (Wildman–Crippen LogP) is 4.81. The molecule has 0 saturated heterocycles. The van der Waals surface area contributed by atoms with Gasteiger partial charge in [0.05, 0.1) is 0 Å². The lowest BCUT2D eigenvalue weighted by Gasteiger charge is -2.04. The normalized spacial score (nSPS) is 10.7. The van der Waals surface area contributed by atoms with Gasteiger partial charge in [-0.1, -0.05) is 82.2 Å². The maximum atomic E-state index is 11.5. The van der Waals surface area contributed by atoms with Gasteiger partial charge in [0.1, 0.15) is 0 Å². The average molecular weight is 331 g/mol. The summed E-state index contributed by atoms with van der Waals surface area (Å²) in [4.78, 5) is 27.8. The molecule has 0 bridgehead atoms. The Hall–Kier alpha value is -2.10. The minimum absolute atomic E-state index is 0.345. The molecule has 0 aliphatic heterocycles. The first-order valence-corrected chi connectivity index (χ1v) is 8.95. The van der Waals surface area contributed by atoms with Crippen molar-refractivity contribution < 1.29 is 14.4 Å². The van der Waals surface area contributed by atoms with E-state index >= 15 is 0 Å². The molecule has 1 aromatic rings. The van der Waals surface area contributed by atoms with E-state index < -0.39 is 5.91 Å². The van der Waals surface area contributed by atoms with Gasteiger partial charge in [-0.2, -0.15) is 5.48 Å². The van der Waals surface area contributed by atoms with Crippen molar-refractivity contribution in [2.45, 2.75) is 64.7 Å². The van der Waals surface area contributed by atoms with E-state index in [4.69, 9.17) is 4.84 Å². The Kier molecular flexibility index (Phi) is 11.1. The Morgan fingerprint density at radius 1 is 0.958 bits per heavy atom. The molecule has 0 aromatic heterocycles. The molecular weight excluding hydrogens is 302 g/mol. The molecule has 0 heterocycles. The van der Waals surface area contributed by atoms with Gasteiger partial charge in [0, 0.05) is 12.5 Å². The minimum atomic E-state index is -0.442. The van der Waals surface area contributed by atoms with E-state index in [1.807, 2.05) is 30.3 Å². The first kappa shape index (κ1) is 19.9. The Morgan fingerprint density at radius 2 is 1.58 bits per heavy atom. The Bertz CT molecular complexity index is 497. The SMILES string of the molecule is CCCCCCCCCCC(=O)ONC(=O)C=Cc1ccccc1. The highest BCUT2D eigenvalue weighted by Gasteiger charge is 2.04. The van der Waals surface area contributed by atoms with E-state index in [-0.39, 0.29) is 5.97 Å². The molecule has 1 rings (SSSR count). The summed E-state index contributed by atoms with van der Waals surface area (Å²) in [5, 5.41) is 0. The molecule has 0 fully saturated rings. The molecule has 0 atom stereocenters. The van der Waals surface area contributed by atoms with Crippen molar-refractivity contribution in [3.05, 3.63) is 42.0 Å². The first-order chi connectivity index (χ1) is 11.7. The molecule has 132 valence electrons. The van der Waals surface area contributed by atoms with Crippen LogP contribution in [0.2, 0.25) is 0 Å². The summed E-state index contributed by atoms with van der Waals surface area (Å²) in [6.07, 6.45) is 12.7. The summed E-state index contributed by atoms with van der Waals surface area (Å²) in [5.41, 5.74) is 3.07. The highest BCUT2D eigenvalue weighted by Crippen LogP contribution is 2.09. The van der Waals surface area contributed by atoms with E-state index in [0.717, 1.165) is 24.8 Å². The Balaban J connectivity index is 2.03. The molecule has 0 spiro atoms. The van der Waals surface area contributed by atoms with E-state index in [0.29, 0.717) is 6.42 Å². The molecule has 0 saturated carbocycles. The minimum Gasteiger partial charge on any atom is -0.341 e. The van der Waals surface area contributed by atoms with Crippen LogP contribution in [-0.2, 0) is 14.4 Å². The molecule has 0 aliphatic rings. The fourth-order valence-electron chi connectivity index (χ4n) is 2.33. The molecule has 0 radical (unpaired) electrons. The van der Waals surface area contributed by atoms with Crippen LogP contribution >= 0.6 is 0 Å². The second-order valence-corrected chi connectivity index (χ2v) is 5.91. The van der Waals surface area contributed by atoms with Gasteiger partial charge in [-0.15, -0.1) is 0 Å². The van der Waals surface area contributed by atoms with Crippen molar-refractivity contribution in [2.75, 3.05) is 0 Å². The van der Waals surface area contributed by atoms with Crippen molar-refractivity contribution in [1.82, 2.24) is 5.48 Å². The number of benzene rings is 1. The zero-order valence-corrected chi connectivity index (χ0v) is 14.6. The van der Waals surface area contributed by atoms with Crippen LogP contribution in [0.5, 0.6) is 0 Å². The molecule has 1 aromatic carbocycles. The van der Waals surface area contributed by atoms with Crippen LogP contribution in [0.4, 0.5) is 0 Å². The molecule has 4 nitrogen and oxygen atoms in total. The number of hydrogen-bond acceptors (Lipinski definition) is 3. The molecule has 0 aliphatic carbocycles. The third-order valence-corrected chi connectivity index (χ3v) is 3.73. The van der Waals surface area contributed by atoms with Gasteiger partial charge in [-0.3, -0.25) is 4.79 Å². The van der Waals surface area contributed by atoms with Crippen LogP contribution in [0.25, 0.3) is 6.08 Å². The Labute approximate surface area is 145 Å². The second kappa shape index (κ2) is 13.3. The number of carbonyl (C=O) groups is 2. The van der Waals surface area contributed by atoms with Crippen LogP contribution in [0, 0.1) is 0 Å². The number of nitrogens with one attached hydrogen (secondary N) is 1. The fourth-order valence-corrected chi connectivity index (χ4v) is 2.33. The van der Waals surface area contributed by atoms with Gasteiger partial charge in [-0.25, -0.2) is 4.79 Å². The van der Waals surface area contributed by atoms with Crippen LogP contribution in [0.3, 0.4) is 0 Å². The first-order valence-electron chi connectivity index (χ1n) is 8.95. The number of hydroxylamine groups is 1. The van der Waals surface area contributed by atoms with Gasteiger partial charge in [-0.05, 0) is 18.1 Å². The van der Waals surface area contributed by atoms with Crippen molar-refractivity contribution in [1.29, 1.82) is 0 Å².